The Morgan fingerprint density at radius 2 is 1.96 bits per heavy atom. The van der Waals surface area contributed by atoms with E-state index < -0.39 is 0 Å². The minimum absolute atomic E-state index is 0.118. The molecule has 1 saturated heterocycles. The first-order chi connectivity index (χ1) is 10.9. The number of carbonyl (C=O) groups is 2. The first kappa shape index (κ1) is 17.4. The van der Waals surface area contributed by atoms with Crippen molar-refractivity contribution in [3.63, 3.8) is 0 Å². The molecule has 0 unspecified atom stereocenters. The third-order valence-electron chi connectivity index (χ3n) is 3.99. The summed E-state index contributed by atoms with van der Waals surface area (Å²) in [5.41, 5.74) is 1.44. The van der Waals surface area contributed by atoms with Crippen molar-refractivity contribution in [3.8, 4) is 0 Å². The second kappa shape index (κ2) is 7.55. The van der Waals surface area contributed by atoms with Gasteiger partial charge in [0.05, 0.1) is 29.4 Å². The SMILES string of the molecule is COC(=O)C1CCN(C(=O)Nc2cccc(Cl)c2N(C)C)CC1. The lowest BCUT2D eigenvalue weighted by Crippen LogP contribution is -2.42. The minimum atomic E-state index is -0.199. The summed E-state index contributed by atoms with van der Waals surface area (Å²) in [5, 5.41) is 3.49. The summed E-state index contributed by atoms with van der Waals surface area (Å²) in [6, 6.07) is 5.22. The van der Waals surface area contributed by atoms with Gasteiger partial charge < -0.3 is 19.9 Å². The molecule has 0 radical (unpaired) electrons. The van der Waals surface area contributed by atoms with Crippen molar-refractivity contribution < 1.29 is 14.3 Å². The number of anilines is 2. The summed E-state index contributed by atoms with van der Waals surface area (Å²) in [6.07, 6.45) is 1.24. The fourth-order valence-corrected chi connectivity index (χ4v) is 3.09. The zero-order valence-electron chi connectivity index (χ0n) is 13.6. The highest BCUT2D eigenvalue weighted by molar-refractivity contribution is 6.34. The second-order valence-electron chi connectivity index (χ2n) is 5.75. The van der Waals surface area contributed by atoms with E-state index in [0.29, 0.717) is 36.6 Å². The molecule has 2 amide bonds. The molecule has 1 fully saturated rings. The second-order valence-corrected chi connectivity index (χ2v) is 6.15. The Morgan fingerprint density at radius 1 is 1.30 bits per heavy atom. The van der Waals surface area contributed by atoms with Crippen LogP contribution < -0.4 is 10.2 Å². The van der Waals surface area contributed by atoms with Crippen LogP contribution in [-0.4, -0.2) is 51.2 Å². The van der Waals surface area contributed by atoms with Gasteiger partial charge in [-0.05, 0) is 25.0 Å². The minimum Gasteiger partial charge on any atom is -0.469 e. The molecule has 6 nitrogen and oxygen atoms in total. The number of hydrogen-bond acceptors (Lipinski definition) is 4. The molecule has 1 aromatic rings. The fourth-order valence-electron chi connectivity index (χ4n) is 2.75. The Bertz CT molecular complexity index is 584. The van der Waals surface area contributed by atoms with Crippen molar-refractivity contribution in [2.75, 3.05) is 44.5 Å². The average Bonchev–Trinajstić information content (AvgIpc) is 2.54. The molecule has 1 heterocycles. The van der Waals surface area contributed by atoms with E-state index in [1.54, 1.807) is 17.0 Å². The lowest BCUT2D eigenvalue weighted by atomic mass is 9.97. The summed E-state index contributed by atoms with van der Waals surface area (Å²) < 4.78 is 4.76. The first-order valence-corrected chi connectivity index (χ1v) is 7.91. The maximum absolute atomic E-state index is 12.4. The summed E-state index contributed by atoms with van der Waals surface area (Å²) in [7, 11) is 5.14. The van der Waals surface area contributed by atoms with Crippen LogP contribution in [0.5, 0.6) is 0 Å². The molecule has 7 heteroatoms. The van der Waals surface area contributed by atoms with Crippen LogP contribution in [-0.2, 0) is 9.53 Å². The fraction of sp³-hybridized carbons (Fsp3) is 0.500. The largest absolute Gasteiger partial charge is 0.469 e. The molecule has 0 saturated carbocycles. The summed E-state index contributed by atoms with van der Waals surface area (Å²) in [5.74, 6) is -0.317. The number of methoxy groups -OCH3 is 1. The van der Waals surface area contributed by atoms with Gasteiger partial charge in [-0.2, -0.15) is 0 Å². The molecular weight excluding hydrogens is 318 g/mol. The highest BCUT2D eigenvalue weighted by Crippen LogP contribution is 2.32. The lowest BCUT2D eigenvalue weighted by Gasteiger charge is -2.31. The molecule has 0 bridgehead atoms. The molecule has 23 heavy (non-hydrogen) atoms. The van der Waals surface area contributed by atoms with Crippen LogP contribution in [0.15, 0.2) is 18.2 Å². The topological polar surface area (TPSA) is 61.9 Å². The van der Waals surface area contributed by atoms with Gasteiger partial charge >= 0.3 is 12.0 Å². The number of esters is 1. The molecule has 2 rings (SSSR count). The Balaban J connectivity index is 2.01. The van der Waals surface area contributed by atoms with Gasteiger partial charge in [-0.1, -0.05) is 17.7 Å². The number of likely N-dealkylation sites (tertiary alicyclic amines) is 1. The van der Waals surface area contributed by atoms with E-state index in [1.807, 2.05) is 25.1 Å². The summed E-state index contributed by atoms with van der Waals surface area (Å²) in [4.78, 5) is 27.5. The number of hydrogen-bond donors (Lipinski definition) is 1. The van der Waals surface area contributed by atoms with Gasteiger partial charge in [0, 0.05) is 27.2 Å². The average molecular weight is 340 g/mol. The Morgan fingerprint density at radius 3 is 2.52 bits per heavy atom. The van der Waals surface area contributed by atoms with Gasteiger partial charge in [-0.3, -0.25) is 4.79 Å². The van der Waals surface area contributed by atoms with E-state index in [0.717, 1.165) is 5.69 Å². The smallest absolute Gasteiger partial charge is 0.321 e. The summed E-state index contributed by atoms with van der Waals surface area (Å²) in [6.45, 7) is 1.06. The van der Waals surface area contributed by atoms with Crippen LogP contribution in [0, 0.1) is 5.92 Å². The van der Waals surface area contributed by atoms with E-state index in [-0.39, 0.29) is 17.9 Å². The number of halogens is 1. The monoisotopic (exact) mass is 339 g/mol. The molecule has 0 atom stereocenters. The number of para-hydroxylation sites is 1. The summed E-state index contributed by atoms with van der Waals surface area (Å²) >= 11 is 6.21. The Labute approximate surface area is 141 Å². The normalized spacial score (nSPS) is 15.2. The molecule has 1 aromatic carbocycles. The quantitative estimate of drug-likeness (QED) is 0.860. The molecule has 0 aliphatic carbocycles. The predicted molar refractivity (Wildman–Crippen MR) is 91.1 cm³/mol. The number of amides is 2. The zero-order chi connectivity index (χ0) is 17.0. The predicted octanol–water partition coefficient (Wildman–Crippen LogP) is 2.82. The van der Waals surface area contributed by atoms with Crippen molar-refractivity contribution in [1.29, 1.82) is 0 Å². The van der Waals surface area contributed by atoms with Gasteiger partial charge in [-0.25, -0.2) is 4.79 Å². The van der Waals surface area contributed by atoms with Gasteiger partial charge in [0.15, 0.2) is 0 Å². The van der Waals surface area contributed by atoms with E-state index in [4.69, 9.17) is 16.3 Å². The number of carbonyl (C=O) groups excluding carboxylic acids is 2. The van der Waals surface area contributed by atoms with E-state index in [2.05, 4.69) is 5.32 Å². The number of piperidine rings is 1. The van der Waals surface area contributed by atoms with Crippen molar-refractivity contribution in [1.82, 2.24) is 4.90 Å². The zero-order valence-corrected chi connectivity index (χ0v) is 14.4. The van der Waals surface area contributed by atoms with Gasteiger partial charge in [-0.15, -0.1) is 0 Å². The molecule has 0 aromatic heterocycles. The number of ether oxygens (including phenoxy) is 1. The number of benzene rings is 1. The number of rotatable bonds is 3. The number of nitrogens with zero attached hydrogens (tertiary/aromatic N) is 2. The van der Waals surface area contributed by atoms with Crippen molar-refractivity contribution in [2.24, 2.45) is 5.92 Å². The maximum atomic E-state index is 12.4. The van der Waals surface area contributed by atoms with Crippen LogP contribution in [0.25, 0.3) is 0 Å². The van der Waals surface area contributed by atoms with Crippen LogP contribution in [0.4, 0.5) is 16.2 Å². The standard InChI is InChI=1S/C16H22ClN3O3/c1-19(2)14-12(17)5-4-6-13(14)18-16(22)20-9-7-11(8-10-20)15(21)23-3/h4-6,11H,7-10H2,1-3H3,(H,18,22). The van der Waals surface area contributed by atoms with E-state index >= 15 is 0 Å². The number of nitrogens with one attached hydrogen (secondary N) is 1. The first-order valence-electron chi connectivity index (χ1n) is 7.53. The van der Waals surface area contributed by atoms with Crippen molar-refractivity contribution in [3.05, 3.63) is 23.2 Å². The maximum Gasteiger partial charge on any atom is 0.321 e. The molecule has 1 aliphatic heterocycles. The van der Waals surface area contributed by atoms with Crippen LogP contribution in [0.3, 0.4) is 0 Å². The van der Waals surface area contributed by atoms with Crippen LogP contribution >= 0.6 is 11.6 Å². The van der Waals surface area contributed by atoms with Crippen molar-refractivity contribution in [2.45, 2.75) is 12.8 Å². The Hall–Kier alpha value is -1.95. The van der Waals surface area contributed by atoms with Crippen LogP contribution in [0.1, 0.15) is 12.8 Å². The van der Waals surface area contributed by atoms with E-state index in [1.165, 1.54) is 7.11 Å². The van der Waals surface area contributed by atoms with Gasteiger partial charge in [0.1, 0.15) is 0 Å². The van der Waals surface area contributed by atoms with Crippen LogP contribution in [0.2, 0.25) is 5.02 Å². The van der Waals surface area contributed by atoms with Gasteiger partial charge in [0.2, 0.25) is 0 Å². The highest BCUT2D eigenvalue weighted by atomic mass is 35.5. The van der Waals surface area contributed by atoms with Crippen molar-refractivity contribution >= 4 is 35.0 Å². The Kier molecular flexibility index (Phi) is 5.71. The molecule has 126 valence electrons. The molecule has 1 aliphatic rings. The molecule has 0 spiro atoms. The third-order valence-corrected chi connectivity index (χ3v) is 4.30. The third kappa shape index (κ3) is 4.07. The number of urea groups is 1. The van der Waals surface area contributed by atoms with E-state index in [9.17, 15) is 9.59 Å². The van der Waals surface area contributed by atoms with Gasteiger partial charge in [0.25, 0.3) is 0 Å². The highest BCUT2D eigenvalue weighted by Gasteiger charge is 2.28. The molecule has 1 N–H and O–H groups in total. The lowest BCUT2D eigenvalue weighted by molar-refractivity contribution is -0.146. The molecular formula is C16H22ClN3O3.